The van der Waals surface area contributed by atoms with Gasteiger partial charge in [0, 0.05) is 19.6 Å². The molecule has 1 aromatic carbocycles. The molecular weight excluding hydrogens is 321 g/mol. The smallest absolute Gasteiger partial charge is 0.383 e. The van der Waals surface area contributed by atoms with Crippen molar-refractivity contribution in [3.05, 3.63) is 35.4 Å². The highest BCUT2D eigenvalue weighted by molar-refractivity contribution is 5.74. The number of likely N-dealkylation sites (tertiary alicyclic amines) is 1. The Morgan fingerprint density at radius 1 is 1.29 bits per heavy atom. The summed E-state index contributed by atoms with van der Waals surface area (Å²) in [6.45, 7) is 2.88. The Hall–Kier alpha value is -1.76. The van der Waals surface area contributed by atoms with Gasteiger partial charge in [-0.2, -0.15) is 13.2 Å². The summed E-state index contributed by atoms with van der Waals surface area (Å²) in [6, 6.07) is 7.53. The lowest BCUT2D eigenvalue weighted by molar-refractivity contribution is -0.222. The average Bonchev–Trinajstić information content (AvgIpc) is 2.58. The van der Waals surface area contributed by atoms with E-state index in [9.17, 15) is 23.1 Å². The lowest BCUT2D eigenvalue weighted by atomic mass is 9.91. The van der Waals surface area contributed by atoms with Crippen LogP contribution in [-0.2, 0) is 13.0 Å². The van der Waals surface area contributed by atoms with Crippen molar-refractivity contribution in [3.8, 4) is 0 Å². The molecule has 0 aliphatic carbocycles. The highest BCUT2D eigenvalue weighted by Crippen LogP contribution is 2.31. The summed E-state index contributed by atoms with van der Waals surface area (Å²) in [7, 11) is 0. The van der Waals surface area contributed by atoms with Crippen LogP contribution in [0.1, 0.15) is 30.9 Å². The second-order valence-electron chi connectivity index (χ2n) is 6.09. The lowest BCUT2D eigenvalue weighted by Gasteiger charge is -2.34. The Morgan fingerprint density at radius 3 is 2.42 bits per heavy atom. The topological polar surface area (TPSA) is 52.6 Å². The normalized spacial score (nSPS) is 17.6. The number of alkyl halides is 3. The first kappa shape index (κ1) is 18.6. The maximum absolute atomic E-state index is 12.5. The molecule has 2 N–H and O–H groups in total. The summed E-state index contributed by atoms with van der Waals surface area (Å²) < 4.78 is 37.6. The molecule has 2 amide bonds. The van der Waals surface area contributed by atoms with Gasteiger partial charge in [-0.05, 0) is 36.3 Å². The van der Waals surface area contributed by atoms with Crippen LogP contribution in [0.25, 0.3) is 0 Å². The third-order valence-electron chi connectivity index (χ3n) is 4.54. The minimum Gasteiger partial charge on any atom is -0.383 e. The van der Waals surface area contributed by atoms with Gasteiger partial charge in [-0.3, -0.25) is 0 Å². The Labute approximate surface area is 139 Å². The number of rotatable bonds is 4. The van der Waals surface area contributed by atoms with E-state index in [0.29, 0.717) is 6.54 Å². The number of hydrogen-bond donors (Lipinski definition) is 2. The number of urea groups is 1. The minimum absolute atomic E-state index is 0.152. The maximum Gasteiger partial charge on any atom is 0.414 e. The predicted molar refractivity (Wildman–Crippen MR) is 84.4 cm³/mol. The number of aliphatic hydroxyl groups excluding tert-OH is 1. The van der Waals surface area contributed by atoms with Gasteiger partial charge in [0.15, 0.2) is 6.10 Å². The van der Waals surface area contributed by atoms with Gasteiger partial charge >= 0.3 is 12.2 Å². The molecule has 1 heterocycles. The molecular formula is C17H23F3N2O2. The third-order valence-corrected chi connectivity index (χ3v) is 4.54. The van der Waals surface area contributed by atoms with Crippen LogP contribution in [0.2, 0.25) is 0 Å². The van der Waals surface area contributed by atoms with E-state index in [4.69, 9.17) is 0 Å². The van der Waals surface area contributed by atoms with E-state index in [-0.39, 0.29) is 32.0 Å². The van der Waals surface area contributed by atoms with Gasteiger partial charge in [0.05, 0.1) is 0 Å². The first-order valence-electron chi connectivity index (χ1n) is 8.17. The zero-order valence-electron chi connectivity index (χ0n) is 13.6. The molecule has 1 saturated heterocycles. The molecule has 0 radical (unpaired) electrons. The van der Waals surface area contributed by atoms with E-state index in [1.54, 1.807) is 0 Å². The molecule has 1 atom stereocenters. The van der Waals surface area contributed by atoms with Crippen LogP contribution in [0.3, 0.4) is 0 Å². The van der Waals surface area contributed by atoms with E-state index in [0.717, 1.165) is 17.5 Å². The number of benzene rings is 1. The molecule has 1 aromatic rings. The molecule has 1 aliphatic rings. The fourth-order valence-corrected chi connectivity index (χ4v) is 3.04. The molecule has 1 fully saturated rings. The van der Waals surface area contributed by atoms with Gasteiger partial charge in [0.1, 0.15) is 0 Å². The van der Waals surface area contributed by atoms with Gasteiger partial charge in [0.25, 0.3) is 0 Å². The van der Waals surface area contributed by atoms with Crippen LogP contribution in [0, 0.1) is 5.92 Å². The Kier molecular flexibility index (Phi) is 6.10. The summed E-state index contributed by atoms with van der Waals surface area (Å²) in [5, 5.41) is 12.1. The number of halogens is 3. The number of amides is 2. The summed E-state index contributed by atoms with van der Waals surface area (Å²) in [5.41, 5.74) is 2.19. The van der Waals surface area contributed by atoms with Crippen molar-refractivity contribution in [1.29, 1.82) is 0 Å². The van der Waals surface area contributed by atoms with Crippen molar-refractivity contribution in [2.24, 2.45) is 5.92 Å². The molecule has 2 rings (SSSR count). The van der Waals surface area contributed by atoms with Gasteiger partial charge in [-0.1, -0.05) is 31.2 Å². The summed E-state index contributed by atoms with van der Waals surface area (Å²) in [6.07, 6.45) is -5.73. The van der Waals surface area contributed by atoms with Crippen molar-refractivity contribution in [2.75, 3.05) is 13.1 Å². The first-order valence-corrected chi connectivity index (χ1v) is 8.17. The summed E-state index contributed by atoms with van der Waals surface area (Å²) in [4.78, 5) is 13.7. The van der Waals surface area contributed by atoms with Gasteiger partial charge in [-0.25, -0.2) is 4.79 Å². The van der Waals surface area contributed by atoms with E-state index in [1.165, 1.54) is 4.90 Å². The average molecular weight is 344 g/mol. The predicted octanol–water partition coefficient (Wildman–Crippen LogP) is 3.09. The van der Waals surface area contributed by atoms with Gasteiger partial charge in [0.2, 0.25) is 0 Å². The third kappa shape index (κ3) is 4.63. The number of piperidine rings is 1. The maximum atomic E-state index is 12.5. The van der Waals surface area contributed by atoms with Crippen molar-refractivity contribution in [3.63, 3.8) is 0 Å². The van der Waals surface area contributed by atoms with Crippen LogP contribution < -0.4 is 5.32 Å². The molecule has 7 heteroatoms. The number of aryl methyl sites for hydroxylation is 1. The van der Waals surface area contributed by atoms with E-state index in [1.807, 2.05) is 31.2 Å². The number of hydrogen-bond acceptors (Lipinski definition) is 2. The summed E-state index contributed by atoms with van der Waals surface area (Å²) >= 11 is 0. The fraction of sp³-hybridized carbons (Fsp3) is 0.588. The zero-order chi connectivity index (χ0) is 17.7. The van der Waals surface area contributed by atoms with E-state index >= 15 is 0 Å². The Bertz CT molecular complexity index is 555. The monoisotopic (exact) mass is 344 g/mol. The second-order valence-corrected chi connectivity index (χ2v) is 6.09. The zero-order valence-corrected chi connectivity index (χ0v) is 13.6. The lowest BCUT2D eigenvalue weighted by Crippen LogP contribution is -2.48. The van der Waals surface area contributed by atoms with Crippen LogP contribution >= 0.6 is 0 Å². The van der Waals surface area contributed by atoms with E-state index in [2.05, 4.69) is 5.32 Å². The molecule has 4 nitrogen and oxygen atoms in total. The molecule has 1 aliphatic heterocycles. The Morgan fingerprint density at radius 2 is 1.88 bits per heavy atom. The van der Waals surface area contributed by atoms with Crippen LogP contribution in [-0.4, -0.2) is 41.4 Å². The minimum atomic E-state index is -4.60. The van der Waals surface area contributed by atoms with Crippen molar-refractivity contribution in [2.45, 2.75) is 45.0 Å². The number of carbonyl (C=O) groups is 1. The quantitative estimate of drug-likeness (QED) is 0.882. The first-order chi connectivity index (χ1) is 11.3. The molecule has 134 valence electrons. The van der Waals surface area contributed by atoms with Gasteiger partial charge < -0.3 is 15.3 Å². The number of nitrogens with zero attached hydrogens (tertiary/aromatic N) is 1. The molecule has 0 bridgehead atoms. The number of carbonyl (C=O) groups excluding carboxylic acids is 1. The summed E-state index contributed by atoms with van der Waals surface area (Å²) in [5.74, 6) is -0.838. The Balaban J connectivity index is 1.83. The van der Waals surface area contributed by atoms with Crippen molar-refractivity contribution >= 4 is 6.03 Å². The largest absolute Gasteiger partial charge is 0.414 e. The SMILES string of the molecule is CCc1ccccc1CNC(=O)N1CCC(C(O)C(F)(F)F)CC1. The number of nitrogens with one attached hydrogen (secondary N) is 1. The molecule has 0 aromatic heterocycles. The fourth-order valence-electron chi connectivity index (χ4n) is 3.04. The second kappa shape index (κ2) is 7.88. The standard InChI is InChI=1S/C17H23F3N2O2/c1-2-12-5-3-4-6-14(12)11-21-16(24)22-9-7-13(8-10-22)15(23)17(18,19)20/h3-6,13,15,23H,2,7-11H2,1H3,(H,21,24). The van der Waals surface area contributed by atoms with E-state index < -0.39 is 18.2 Å². The molecule has 1 unspecified atom stereocenters. The van der Waals surface area contributed by atoms with Crippen molar-refractivity contribution in [1.82, 2.24) is 10.2 Å². The molecule has 0 saturated carbocycles. The van der Waals surface area contributed by atoms with Gasteiger partial charge in [-0.15, -0.1) is 0 Å². The van der Waals surface area contributed by atoms with Crippen molar-refractivity contribution < 1.29 is 23.1 Å². The van der Waals surface area contributed by atoms with Crippen LogP contribution in [0.15, 0.2) is 24.3 Å². The molecule has 24 heavy (non-hydrogen) atoms. The highest BCUT2D eigenvalue weighted by atomic mass is 19.4. The van der Waals surface area contributed by atoms with Crippen LogP contribution in [0.5, 0.6) is 0 Å². The highest BCUT2D eigenvalue weighted by Gasteiger charge is 2.44. The molecule has 0 spiro atoms. The van der Waals surface area contributed by atoms with Crippen LogP contribution in [0.4, 0.5) is 18.0 Å². The number of aliphatic hydroxyl groups is 1.